The molecule has 1 unspecified atom stereocenters. The van der Waals surface area contributed by atoms with Crippen LogP contribution in [0.2, 0.25) is 0 Å². The minimum Gasteiger partial charge on any atom is -0.312 e. The molecule has 0 aromatic rings. The van der Waals surface area contributed by atoms with Crippen LogP contribution < -0.4 is 0 Å². The van der Waals surface area contributed by atoms with E-state index in [9.17, 15) is 4.79 Å². The molecule has 156 valence electrons. The molecule has 1 aliphatic rings. The Balaban J connectivity index is 2.50. The highest BCUT2D eigenvalue weighted by Gasteiger charge is 2.26. The van der Waals surface area contributed by atoms with Crippen molar-refractivity contribution in [1.29, 1.82) is 0 Å². The van der Waals surface area contributed by atoms with Gasteiger partial charge >= 0.3 is 5.97 Å². The predicted octanol–water partition coefficient (Wildman–Crippen LogP) is 7.74. The molecule has 27 heavy (non-hydrogen) atoms. The Hall–Kier alpha value is -1.12. The van der Waals surface area contributed by atoms with E-state index < -0.39 is 0 Å². The Morgan fingerprint density at radius 2 is 1.48 bits per heavy atom. The number of hydrogen-bond donors (Lipinski definition) is 0. The third-order valence-electron chi connectivity index (χ3n) is 5.85. The number of carbonyl (C=O) groups excluding carboxylic acids is 1. The van der Waals surface area contributed by atoms with Gasteiger partial charge < -0.3 is 4.84 Å². The average Bonchev–Trinajstić information content (AvgIpc) is 3.00. The molecule has 0 aliphatic carbocycles. The highest BCUT2D eigenvalue weighted by molar-refractivity contribution is 6.21. The SMILES string of the molecule is CCCCCCCCCCCC(CC(CC)CCCC)=C1C(=O)ON=C1C. The molecular formula is C24H43NO2. The molecule has 1 heterocycles. The van der Waals surface area contributed by atoms with Crippen LogP contribution in [0.5, 0.6) is 0 Å². The molecule has 1 atom stereocenters. The van der Waals surface area contributed by atoms with E-state index in [0.29, 0.717) is 5.92 Å². The van der Waals surface area contributed by atoms with E-state index in [1.165, 1.54) is 89.0 Å². The van der Waals surface area contributed by atoms with Crippen molar-refractivity contribution in [2.75, 3.05) is 0 Å². The number of hydrogen-bond acceptors (Lipinski definition) is 3. The molecule has 1 aliphatic heterocycles. The second kappa shape index (κ2) is 14.9. The predicted molar refractivity (Wildman–Crippen MR) is 116 cm³/mol. The molecule has 0 radical (unpaired) electrons. The van der Waals surface area contributed by atoms with E-state index in [1.54, 1.807) is 0 Å². The van der Waals surface area contributed by atoms with Gasteiger partial charge in [-0.25, -0.2) is 4.79 Å². The van der Waals surface area contributed by atoms with Crippen LogP contribution in [0.1, 0.15) is 124 Å². The highest BCUT2D eigenvalue weighted by Crippen LogP contribution is 2.29. The van der Waals surface area contributed by atoms with E-state index in [4.69, 9.17) is 4.84 Å². The lowest BCUT2D eigenvalue weighted by atomic mass is 9.86. The zero-order chi connectivity index (χ0) is 19.9. The van der Waals surface area contributed by atoms with Crippen molar-refractivity contribution in [2.24, 2.45) is 11.1 Å². The fourth-order valence-corrected chi connectivity index (χ4v) is 4.02. The van der Waals surface area contributed by atoms with Crippen molar-refractivity contribution in [3.63, 3.8) is 0 Å². The Kier molecular flexibility index (Phi) is 13.2. The van der Waals surface area contributed by atoms with Gasteiger partial charge in [0, 0.05) is 0 Å². The van der Waals surface area contributed by atoms with E-state index in [2.05, 4.69) is 25.9 Å². The standard InChI is InChI=1S/C24H43NO2/c1-5-8-10-11-12-13-14-15-16-18-22(19-21(7-3)17-9-6-2)23-20(4)25-27-24(23)26/h21H,5-19H2,1-4H3. The van der Waals surface area contributed by atoms with Gasteiger partial charge in [0.1, 0.15) is 0 Å². The summed E-state index contributed by atoms with van der Waals surface area (Å²) in [5.41, 5.74) is 2.85. The Morgan fingerprint density at radius 1 is 0.889 bits per heavy atom. The fraction of sp³-hybridized carbons (Fsp3) is 0.833. The van der Waals surface area contributed by atoms with Crippen LogP contribution in [0.25, 0.3) is 0 Å². The molecule has 0 amide bonds. The van der Waals surface area contributed by atoms with Gasteiger partial charge in [0.15, 0.2) is 0 Å². The number of rotatable bonds is 16. The molecule has 0 N–H and O–H groups in total. The molecule has 0 saturated heterocycles. The van der Waals surface area contributed by atoms with Gasteiger partial charge in [-0.3, -0.25) is 0 Å². The first kappa shape index (κ1) is 23.9. The molecule has 0 aromatic carbocycles. The van der Waals surface area contributed by atoms with Crippen LogP contribution in [0.4, 0.5) is 0 Å². The smallest absolute Gasteiger partial charge is 0.312 e. The van der Waals surface area contributed by atoms with Crippen LogP contribution in [0, 0.1) is 5.92 Å². The molecule has 1 rings (SSSR count). The van der Waals surface area contributed by atoms with Crippen LogP contribution in [0.3, 0.4) is 0 Å². The second-order valence-corrected chi connectivity index (χ2v) is 8.23. The first-order valence-corrected chi connectivity index (χ1v) is 11.6. The van der Waals surface area contributed by atoms with Gasteiger partial charge in [-0.2, -0.15) is 0 Å². The number of allylic oxidation sites excluding steroid dienone is 1. The highest BCUT2D eigenvalue weighted by atomic mass is 16.7. The first-order chi connectivity index (χ1) is 13.1. The van der Waals surface area contributed by atoms with Gasteiger partial charge in [0.05, 0.1) is 11.3 Å². The summed E-state index contributed by atoms with van der Waals surface area (Å²) in [5, 5.41) is 3.92. The van der Waals surface area contributed by atoms with Crippen molar-refractivity contribution in [3.05, 3.63) is 11.1 Å². The number of oxime groups is 1. The summed E-state index contributed by atoms with van der Waals surface area (Å²) in [5.74, 6) is 0.441. The molecule has 0 saturated carbocycles. The molecule has 0 fully saturated rings. The maximum Gasteiger partial charge on any atom is 0.367 e. The van der Waals surface area contributed by atoms with Gasteiger partial charge in [0.2, 0.25) is 0 Å². The molecule has 3 heteroatoms. The molecule has 0 bridgehead atoms. The Bertz CT molecular complexity index is 479. The summed E-state index contributed by atoms with van der Waals surface area (Å²) < 4.78 is 0. The first-order valence-electron chi connectivity index (χ1n) is 11.6. The maximum atomic E-state index is 12.2. The van der Waals surface area contributed by atoms with Crippen LogP contribution in [-0.4, -0.2) is 11.7 Å². The van der Waals surface area contributed by atoms with Crippen LogP contribution in [-0.2, 0) is 9.63 Å². The molecule has 0 aromatic heterocycles. The third kappa shape index (κ3) is 9.58. The average molecular weight is 378 g/mol. The van der Waals surface area contributed by atoms with E-state index >= 15 is 0 Å². The third-order valence-corrected chi connectivity index (χ3v) is 5.85. The second-order valence-electron chi connectivity index (χ2n) is 8.23. The zero-order valence-electron chi connectivity index (χ0n) is 18.4. The minimum atomic E-state index is -0.233. The number of nitrogens with zero attached hydrogens (tertiary/aromatic N) is 1. The summed E-state index contributed by atoms with van der Waals surface area (Å²) in [6.45, 7) is 8.70. The maximum absolute atomic E-state index is 12.2. The van der Waals surface area contributed by atoms with Gasteiger partial charge in [-0.1, -0.05) is 109 Å². The summed E-state index contributed by atoms with van der Waals surface area (Å²) in [6, 6.07) is 0. The van der Waals surface area contributed by atoms with E-state index in [0.717, 1.165) is 24.1 Å². The van der Waals surface area contributed by atoms with Crippen molar-refractivity contribution >= 4 is 11.7 Å². The molecule has 3 nitrogen and oxygen atoms in total. The lowest BCUT2D eigenvalue weighted by Crippen LogP contribution is -2.11. The zero-order valence-corrected chi connectivity index (χ0v) is 18.4. The summed E-state index contributed by atoms with van der Waals surface area (Å²) in [6.07, 6.45) is 19.0. The van der Waals surface area contributed by atoms with Crippen molar-refractivity contribution in [1.82, 2.24) is 0 Å². The minimum absolute atomic E-state index is 0.233. The number of unbranched alkanes of at least 4 members (excludes halogenated alkanes) is 9. The summed E-state index contributed by atoms with van der Waals surface area (Å²) in [7, 11) is 0. The topological polar surface area (TPSA) is 38.7 Å². The van der Waals surface area contributed by atoms with E-state index in [-0.39, 0.29) is 5.97 Å². The largest absolute Gasteiger partial charge is 0.367 e. The fourth-order valence-electron chi connectivity index (χ4n) is 4.02. The summed E-state index contributed by atoms with van der Waals surface area (Å²) >= 11 is 0. The lowest BCUT2D eigenvalue weighted by Gasteiger charge is -2.18. The Labute approximate surface area is 168 Å². The van der Waals surface area contributed by atoms with Gasteiger partial charge in [-0.15, -0.1) is 0 Å². The lowest BCUT2D eigenvalue weighted by molar-refractivity contribution is -0.136. The van der Waals surface area contributed by atoms with Gasteiger partial charge in [-0.05, 0) is 32.1 Å². The Morgan fingerprint density at radius 3 is 2.00 bits per heavy atom. The number of carbonyl (C=O) groups is 1. The normalized spacial score (nSPS) is 17.0. The molecular weight excluding hydrogens is 334 g/mol. The molecule has 0 spiro atoms. The van der Waals surface area contributed by atoms with Crippen molar-refractivity contribution in [2.45, 2.75) is 124 Å². The quantitative estimate of drug-likeness (QED) is 0.157. The van der Waals surface area contributed by atoms with Crippen LogP contribution in [0.15, 0.2) is 16.3 Å². The van der Waals surface area contributed by atoms with Crippen molar-refractivity contribution < 1.29 is 9.63 Å². The van der Waals surface area contributed by atoms with Crippen molar-refractivity contribution in [3.8, 4) is 0 Å². The van der Waals surface area contributed by atoms with E-state index in [1.807, 2.05) is 6.92 Å². The van der Waals surface area contributed by atoms with Gasteiger partial charge in [0.25, 0.3) is 0 Å². The summed E-state index contributed by atoms with van der Waals surface area (Å²) in [4.78, 5) is 17.1. The monoisotopic (exact) mass is 377 g/mol. The van der Waals surface area contributed by atoms with Crippen LogP contribution >= 0.6 is 0 Å².